The number of aryl methyl sites for hydroxylation is 1. The number of nitrogens with zero attached hydrogens (tertiary/aromatic N) is 1. The molecule has 146 valence electrons. The van der Waals surface area contributed by atoms with Crippen LogP contribution in [0.3, 0.4) is 0 Å². The zero-order valence-electron chi connectivity index (χ0n) is 16.4. The summed E-state index contributed by atoms with van der Waals surface area (Å²) in [5.41, 5.74) is 4.30. The standard InChI is InChI=1S/C21H33N3O.HI/c1-17(2)20-8-6-18(7-9-20)5-4-13-23-21(22-3)24-14-10-19-11-15-25-16-12-19;/h6-9,11,17H,4-5,10,12-16H2,1-3H3,(H2,22,23,24);1H. The number of halogens is 1. The van der Waals surface area contributed by atoms with Crippen LogP contribution in [0.25, 0.3) is 0 Å². The van der Waals surface area contributed by atoms with Crippen LogP contribution in [0.5, 0.6) is 0 Å². The quantitative estimate of drug-likeness (QED) is 0.196. The minimum atomic E-state index is 0. The second-order valence-corrected chi connectivity index (χ2v) is 6.86. The summed E-state index contributed by atoms with van der Waals surface area (Å²) in [6.45, 7) is 7.94. The number of nitrogens with one attached hydrogen (secondary N) is 2. The number of hydrogen-bond acceptors (Lipinski definition) is 2. The fourth-order valence-corrected chi connectivity index (χ4v) is 2.92. The minimum absolute atomic E-state index is 0. The van der Waals surface area contributed by atoms with Crippen molar-refractivity contribution < 1.29 is 4.74 Å². The normalized spacial score (nSPS) is 14.6. The molecule has 1 aliphatic rings. The van der Waals surface area contributed by atoms with Crippen LogP contribution in [-0.2, 0) is 11.2 Å². The Labute approximate surface area is 175 Å². The molecule has 1 heterocycles. The number of guanidine groups is 1. The van der Waals surface area contributed by atoms with Gasteiger partial charge in [0.25, 0.3) is 0 Å². The summed E-state index contributed by atoms with van der Waals surface area (Å²) in [7, 11) is 1.83. The third kappa shape index (κ3) is 8.54. The van der Waals surface area contributed by atoms with Crippen molar-refractivity contribution in [3.8, 4) is 0 Å². The maximum Gasteiger partial charge on any atom is 0.190 e. The number of hydrogen-bond donors (Lipinski definition) is 2. The Morgan fingerprint density at radius 1 is 1.12 bits per heavy atom. The smallest absolute Gasteiger partial charge is 0.190 e. The van der Waals surface area contributed by atoms with E-state index >= 15 is 0 Å². The molecule has 0 spiro atoms. The Kier molecular flexibility index (Phi) is 11.6. The highest BCUT2D eigenvalue weighted by atomic mass is 127. The summed E-state index contributed by atoms with van der Waals surface area (Å²) < 4.78 is 5.34. The van der Waals surface area contributed by atoms with Crippen LogP contribution >= 0.6 is 24.0 Å². The van der Waals surface area contributed by atoms with Gasteiger partial charge in [0.05, 0.1) is 13.2 Å². The van der Waals surface area contributed by atoms with Crippen LogP contribution in [-0.4, -0.2) is 39.3 Å². The number of rotatable bonds is 8. The first-order valence-corrected chi connectivity index (χ1v) is 9.48. The lowest BCUT2D eigenvalue weighted by Crippen LogP contribution is -2.38. The van der Waals surface area contributed by atoms with E-state index in [9.17, 15) is 0 Å². The molecule has 1 aliphatic heterocycles. The van der Waals surface area contributed by atoms with Gasteiger partial charge in [-0.15, -0.1) is 24.0 Å². The number of benzene rings is 1. The second kappa shape index (κ2) is 13.1. The van der Waals surface area contributed by atoms with Crippen LogP contribution in [0.2, 0.25) is 0 Å². The fraction of sp³-hybridized carbons (Fsp3) is 0.571. The van der Waals surface area contributed by atoms with Crippen LogP contribution in [0, 0.1) is 0 Å². The first-order valence-electron chi connectivity index (χ1n) is 9.48. The maximum absolute atomic E-state index is 5.34. The lowest BCUT2D eigenvalue weighted by atomic mass is 10.0. The van der Waals surface area contributed by atoms with Gasteiger partial charge in [0.2, 0.25) is 0 Å². The number of ether oxygens (including phenoxy) is 1. The summed E-state index contributed by atoms with van der Waals surface area (Å²) in [4.78, 5) is 4.30. The third-order valence-electron chi connectivity index (χ3n) is 4.60. The molecule has 1 aromatic rings. The van der Waals surface area contributed by atoms with Gasteiger partial charge in [-0.25, -0.2) is 0 Å². The van der Waals surface area contributed by atoms with Gasteiger partial charge in [-0.2, -0.15) is 0 Å². The Morgan fingerprint density at radius 3 is 2.46 bits per heavy atom. The van der Waals surface area contributed by atoms with Crippen LogP contribution in [0.1, 0.15) is 50.2 Å². The molecule has 5 heteroatoms. The summed E-state index contributed by atoms with van der Waals surface area (Å²) >= 11 is 0. The van der Waals surface area contributed by atoms with Crippen molar-refractivity contribution in [3.63, 3.8) is 0 Å². The molecule has 0 saturated carbocycles. The molecule has 4 nitrogen and oxygen atoms in total. The predicted octanol–water partition coefficient (Wildman–Crippen LogP) is 4.26. The molecule has 26 heavy (non-hydrogen) atoms. The molecule has 0 atom stereocenters. The monoisotopic (exact) mass is 471 g/mol. The van der Waals surface area contributed by atoms with E-state index in [0.29, 0.717) is 5.92 Å². The highest BCUT2D eigenvalue weighted by molar-refractivity contribution is 14.0. The molecule has 0 aromatic heterocycles. The van der Waals surface area contributed by atoms with Crippen molar-refractivity contribution in [1.29, 1.82) is 0 Å². The highest BCUT2D eigenvalue weighted by Gasteiger charge is 2.04. The van der Waals surface area contributed by atoms with Crippen molar-refractivity contribution in [2.24, 2.45) is 4.99 Å². The molecule has 0 aliphatic carbocycles. The van der Waals surface area contributed by atoms with Gasteiger partial charge in [-0.05, 0) is 42.7 Å². The molecule has 1 aromatic carbocycles. The van der Waals surface area contributed by atoms with Gasteiger partial charge >= 0.3 is 0 Å². The predicted molar refractivity (Wildman–Crippen MR) is 122 cm³/mol. The third-order valence-corrected chi connectivity index (χ3v) is 4.60. The van der Waals surface area contributed by atoms with Gasteiger partial charge in [0.1, 0.15) is 0 Å². The second-order valence-electron chi connectivity index (χ2n) is 6.86. The summed E-state index contributed by atoms with van der Waals surface area (Å²) in [6, 6.07) is 9.01. The molecular weight excluding hydrogens is 437 g/mol. The van der Waals surface area contributed by atoms with Crippen molar-refractivity contribution >= 4 is 29.9 Å². The average Bonchev–Trinajstić information content (AvgIpc) is 2.65. The van der Waals surface area contributed by atoms with Crippen molar-refractivity contribution in [2.45, 2.75) is 45.4 Å². The first-order chi connectivity index (χ1) is 12.2. The van der Waals surface area contributed by atoms with Gasteiger partial charge < -0.3 is 15.4 Å². The summed E-state index contributed by atoms with van der Waals surface area (Å²) in [5, 5.41) is 6.79. The van der Waals surface area contributed by atoms with E-state index in [1.54, 1.807) is 0 Å². The van der Waals surface area contributed by atoms with E-state index in [4.69, 9.17) is 4.74 Å². The number of aliphatic imine (C=N–C) groups is 1. The van der Waals surface area contributed by atoms with Crippen LogP contribution in [0.15, 0.2) is 40.9 Å². The molecule has 0 amide bonds. The molecule has 0 saturated heterocycles. The van der Waals surface area contributed by atoms with Crippen molar-refractivity contribution in [2.75, 3.05) is 33.4 Å². The zero-order chi connectivity index (χ0) is 17.9. The highest BCUT2D eigenvalue weighted by Crippen LogP contribution is 2.15. The summed E-state index contributed by atoms with van der Waals surface area (Å²) in [5.74, 6) is 1.49. The molecule has 0 bridgehead atoms. The van der Waals surface area contributed by atoms with Gasteiger partial charge in [-0.1, -0.05) is 49.8 Å². The fourth-order valence-electron chi connectivity index (χ4n) is 2.92. The lowest BCUT2D eigenvalue weighted by molar-refractivity contribution is 0.153. The Bertz CT molecular complexity index is 567. The van der Waals surface area contributed by atoms with Crippen LogP contribution < -0.4 is 10.6 Å². The van der Waals surface area contributed by atoms with Gasteiger partial charge in [0.15, 0.2) is 5.96 Å². The van der Waals surface area contributed by atoms with E-state index in [2.05, 4.69) is 59.8 Å². The van der Waals surface area contributed by atoms with Crippen molar-refractivity contribution in [1.82, 2.24) is 10.6 Å². The molecule has 2 N–H and O–H groups in total. The first kappa shape index (κ1) is 23.0. The van der Waals surface area contributed by atoms with E-state index < -0.39 is 0 Å². The largest absolute Gasteiger partial charge is 0.377 e. The van der Waals surface area contributed by atoms with E-state index in [-0.39, 0.29) is 24.0 Å². The molecule has 0 fully saturated rings. The van der Waals surface area contributed by atoms with Crippen LogP contribution in [0.4, 0.5) is 0 Å². The molecule has 0 unspecified atom stereocenters. The van der Waals surface area contributed by atoms with Gasteiger partial charge in [0, 0.05) is 20.1 Å². The Hall–Kier alpha value is -1.08. The Morgan fingerprint density at radius 2 is 1.85 bits per heavy atom. The van der Waals surface area contributed by atoms with E-state index in [0.717, 1.165) is 57.9 Å². The maximum atomic E-state index is 5.34. The molecule has 2 rings (SSSR count). The van der Waals surface area contributed by atoms with Gasteiger partial charge in [-0.3, -0.25) is 4.99 Å². The SMILES string of the molecule is CN=C(NCCCc1ccc(C(C)C)cc1)NCCC1=CCOCC1.I. The average molecular weight is 471 g/mol. The van der Waals surface area contributed by atoms with E-state index in [1.165, 1.54) is 16.7 Å². The molecular formula is C21H34IN3O. The Balaban J connectivity index is 0.00000338. The summed E-state index contributed by atoms with van der Waals surface area (Å²) in [6.07, 6.45) is 6.51. The zero-order valence-corrected chi connectivity index (χ0v) is 18.7. The lowest BCUT2D eigenvalue weighted by Gasteiger charge is -2.15. The van der Waals surface area contributed by atoms with E-state index in [1.807, 2.05) is 7.05 Å². The topological polar surface area (TPSA) is 45.7 Å². The van der Waals surface area contributed by atoms with Crippen molar-refractivity contribution in [3.05, 3.63) is 47.0 Å². The minimum Gasteiger partial charge on any atom is -0.377 e. The molecule has 0 radical (unpaired) electrons.